The maximum Gasteiger partial charge on any atom is 0.0924 e. The second-order valence-electron chi connectivity index (χ2n) is 4.87. The first-order valence-electron chi connectivity index (χ1n) is 5.59. The van der Waals surface area contributed by atoms with Gasteiger partial charge in [-0.1, -0.05) is 0 Å². The number of rotatable bonds is 0. The number of ether oxygens (including phenoxy) is 1. The number of nitrogens with zero attached hydrogens (tertiary/aromatic N) is 1. The molecule has 0 N–H and O–H groups in total. The molecule has 2 heteroatoms. The Hall–Kier alpha value is -0.340. The van der Waals surface area contributed by atoms with Gasteiger partial charge in [0.1, 0.15) is 0 Å². The lowest BCUT2D eigenvalue weighted by Gasteiger charge is -2.39. The number of likely N-dealkylation sites (tertiary alicyclic amines) is 1. The molecule has 0 saturated carbocycles. The summed E-state index contributed by atoms with van der Waals surface area (Å²) < 4.78 is 6.16. The number of piperidine rings is 1. The van der Waals surface area contributed by atoms with Gasteiger partial charge in [-0.2, -0.15) is 0 Å². The van der Waals surface area contributed by atoms with Crippen LogP contribution in [0.4, 0.5) is 0 Å². The summed E-state index contributed by atoms with van der Waals surface area (Å²) in [6.45, 7) is 8.97. The Labute approximate surface area is 86.9 Å². The highest BCUT2D eigenvalue weighted by Gasteiger charge is 2.43. The lowest BCUT2D eigenvalue weighted by atomic mass is 9.84. The Morgan fingerprint density at radius 2 is 1.86 bits per heavy atom. The van der Waals surface area contributed by atoms with Crippen molar-refractivity contribution >= 4 is 0 Å². The van der Waals surface area contributed by atoms with Gasteiger partial charge in [0.25, 0.3) is 0 Å². The third-order valence-electron chi connectivity index (χ3n) is 4.08. The summed E-state index contributed by atoms with van der Waals surface area (Å²) >= 11 is 0. The summed E-state index contributed by atoms with van der Waals surface area (Å²) in [6.07, 6.45) is 2.66. The van der Waals surface area contributed by atoms with Crippen molar-refractivity contribution in [2.45, 2.75) is 45.3 Å². The molecule has 1 saturated heterocycles. The van der Waals surface area contributed by atoms with Crippen molar-refractivity contribution in [3.63, 3.8) is 0 Å². The Bertz CT molecular complexity index is 261. The molecule has 0 radical (unpaired) electrons. The summed E-state index contributed by atoms with van der Waals surface area (Å²) in [5.41, 5.74) is 3.04. The van der Waals surface area contributed by atoms with Crippen molar-refractivity contribution in [3.05, 3.63) is 11.1 Å². The molecule has 0 amide bonds. The highest BCUT2D eigenvalue weighted by atomic mass is 16.5. The van der Waals surface area contributed by atoms with E-state index in [1.165, 1.54) is 11.1 Å². The van der Waals surface area contributed by atoms with Crippen LogP contribution < -0.4 is 0 Å². The zero-order valence-corrected chi connectivity index (χ0v) is 9.76. The topological polar surface area (TPSA) is 12.5 Å². The summed E-state index contributed by atoms with van der Waals surface area (Å²) in [7, 11) is 2.19. The molecule has 80 valence electrons. The van der Waals surface area contributed by atoms with Gasteiger partial charge in [0, 0.05) is 13.1 Å². The van der Waals surface area contributed by atoms with Crippen LogP contribution in [-0.2, 0) is 4.74 Å². The molecular weight excluding hydrogens is 174 g/mol. The molecule has 1 atom stereocenters. The Morgan fingerprint density at radius 3 is 2.29 bits per heavy atom. The summed E-state index contributed by atoms with van der Waals surface area (Å²) in [5, 5.41) is 0. The van der Waals surface area contributed by atoms with Crippen LogP contribution in [0.15, 0.2) is 11.1 Å². The fourth-order valence-corrected chi connectivity index (χ4v) is 2.65. The summed E-state index contributed by atoms with van der Waals surface area (Å²) in [5.74, 6) is 0. The van der Waals surface area contributed by atoms with E-state index in [0.717, 1.165) is 25.9 Å². The average molecular weight is 195 g/mol. The van der Waals surface area contributed by atoms with Crippen LogP contribution >= 0.6 is 0 Å². The fourth-order valence-electron chi connectivity index (χ4n) is 2.65. The third-order valence-corrected chi connectivity index (χ3v) is 4.08. The summed E-state index contributed by atoms with van der Waals surface area (Å²) in [6, 6.07) is 0. The van der Waals surface area contributed by atoms with Crippen LogP contribution in [0.2, 0.25) is 0 Å². The standard InChI is InChI=1S/C12H21NO/c1-9-10(2)12(14-11(9)3)5-7-13(4)8-6-12/h11H,5-8H2,1-4H3/t11-/m1/s1. The average Bonchev–Trinajstić information content (AvgIpc) is 2.37. The molecule has 2 aliphatic heterocycles. The van der Waals surface area contributed by atoms with Crippen molar-refractivity contribution in [1.29, 1.82) is 0 Å². The van der Waals surface area contributed by atoms with E-state index in [1.54, 1.807) is 0 Å². The van der Waals surface area contributed by atoms with E-state index in [2.05, 4.69) is 32.7 Å². The molecular formula is C12H21NO. The first-order valence-corrected chi connectivity index (χ1v) is 5.59. The van der Waals surface area contributed by atoms with E-state index >= 15 is 0 Å². The summed E-state index contributed by atoms with van der Waals surface area (Å²) in [4.78, 5) is 2.39. The van der Waals surface area contributed by atoms with Crippen LogP contribution in [0.1, 0.15) is 33.6 Å². The fraction of sp³-hybridized carbons (Fsp3) is 0.833. The van der Waals surface area contributed by atoms with Crippen molar-refractivity contribution in [2.24, 2.45) is 0 Å². The van der Waals surface area contributed by atoms with E-state index in [9.17, 15) is 0 Å². The molecule has 0 bridgehead atoms. The molecule has 0 aromatic heterocycles. The SMILES string of the molecule is CC1=C(C)C2(CCN(C)CC2)O[C@@H]1C. The zero-order chi connectivity index (χ0) is 10.3. The third kappa shape index (κ3) is 1.41. The normalized spacial score (nSPS) is 33.0. The molecule has 0 aromatic rings. The molecule has 14 heavy (non-hydrogen) atoms. The van der Waals surface area contributed by atoms with Gasteiger partial charge in [-0.25, -0.2) is 0 Å². The molecule has 1 fully saturated rings. The lowest BCUT2D eigenvalue weighted by Crippen LogP contribution is -2.44. The minimum atomic E-state index is 0.0933. The first kappa shape index (κ1) is 10.2. The quantitative estimate of drug-likeness (QED) is 0.549. The van der Waals surface area contributed by atoms with Crippen LogP contribution in [0.3, 0.4) is 0 Å². The monoisotopic (exact) mass is 195 g/mol. The molecule has 0 aromatic carbocycles. The van der Waals surface area contributed by atoms with Gasteiger partial charge in [0.2, 0.25) is 0 Å². The Balaban J connectivity index is 2.19. The largest absolute Gasteiger partial charge is 0.363 e. The minimum absolute atomic E-state index is 0.0933. The number of hydrogen-bond donors (Lipinski definition) is 0. The van der Waals surface area contributed by atoms with Gasteiger partial charge < -0.3 is 9.64 Å². The maximum atomic E-state index is 6.16. The predicted octanol–water partition coefficient (Wildman–Crippen LogP) is 2.21. The van der Waals surface area contributed by atoms with Gasteiger partial charge in [0.05, 0.1) is 11.7 Å². The van der Waals surface area contributed by atoms with E-state index in [-0.39, 0.29) is 5.60 Å². The zero-order valence-electron chi connectivity index (χ0n) is 9.76. The lowest BCUT2D eigenvalue weighted by molar-refractivity contribution is -0.0584. The van der Waals surface area contributed by atoms with Gasteiger partial charge in [-0.15, -0.1) is 0 Å². The molecule has 0 aliphatic carbocycles. The smallest absolute Gasteiger partial charge is 0.0924 e. The van der Waals surface area contributed by atoms with Gasteiger partial charge in [-0.05, 0) is 51.8 Å². The maximum absolute atomic E-state index is 6.16. The van der Waals surface area contributed by atoms with Crippen LogP contribution in [0, 0.1) is 0 Å². The van der Waals surface area contributed by atoms with Crippen LogP contribution in [-0.4, -0.2) is 36.7 Å². The number of hydrogen-bond acceptors (Lipinski definition) is 2. The Morgan fingerprint density at radius 1 is 1.29 bits per heavy atom. The molecule has 2 nitrogen and oxygen atoms in total. The van der Waals surface area contributed by atoms with E-state index in [0.29, 0.717) is 6.10 Å². The Kier molecular flexibility index (Phi) is 2.44. The van der Waals surface area contributed by atoms with Crippen molar-refractivity contribution < 1.29 is 4.74 Å². The second kappa shape index (κ2) is 3.35. The molecule has 2 rings (SSSR count). The minimum Gasteiger partial charge on any atom is -0.363 e. The van der Waals surface area contributed by atoms with Crippen molar-refractivity contribution in [2.75, 3.05) is 20.1 Å². The van der Waals surface area contributed by atoms with E-state index in [1.807, 2.05) is 0 Å². The second-order valence-corrected chi connectivity index (χ2v) is 4.87. The van der Waals surface area contributed by atoms with E-state index < -0.39 is 0 Å². The molecule has 1 spiro atoms. The highest BCUT2D eigenvalue weighted by molar-refractivity contribution is 5.29. The van der Waals surface area contributed by atoms with Gasteiger partial charge in [-0.3, -0.25) is 0 Å². The van der Waals surface area contributed by atoms with Gasteiger partial charge >= 0.3 is 0 Å². The van der Waals surface area contributed by atoms with Crippen molar-refractivity contribution in [1.82, 2.24) is 4.90 Å². The van der Waals surface area contributed by atoms with E-state index in [4.69, 9.17) is 4.74 Å². The highest BCUT2D eigenvalue weighted by Crippen LogP contribution is 2.42. The predicted molar refractivity (Wildman–Crippen MR) is 58.4 cm³/mol. The van der Waals surface area contributed by atoms with Crippen LogP contribution in [0.25, 0.3) is 0 Å². The van der Waals surface area contributed by atoms with Crippen molar-refractivity contribution in [3.8, 4) is 0 Å². The van der Waals surface area contributed by atoms with Crippen LogP contribution in [0.5, 0.6) is 0 Å². The molecule has 0 unspecified atom stereocenters. The van der Waals surface area contributed by atoms with Gasteiger partial charge in [0.15, 0.2) is 0 Å². The molecule has 2 aliphatic rings. The first-order chi connectivity index (χ1) is 6.55. The molecule has 2 heterocycles.